The van der Waals surface area contributed by atoms with Crippen LogP contribution >= 0.6 is 0 Å². The highest BCUT2D eigenvalue weighted by Crippen LogP contribution is 2.29. The minimum atomic E-state index is -0.701. The standard InChI is InChI=1S/C9H16N2O2/c1-10-2-7-4-11(6-9(12)13)5-8(7)3-10/h7-8H,2-6H2,1H3,(H,12,13). The van der Waals surface area contributed by atoms with Crippen molar-refractivity contribution < 1.29 is 9.90 Å². The number of fused-ring (bicyclic) bond motifs is 1. The molecule has 2 aliphatic heterocycles. The van der Waals surface area contributed by atoms with Gasteiger partial charge in [-0.3, -0.25) is 9.69 Å². The largest absolute Gasteiger partial charge is 0.480 e. The van der Waals surface area contributed by atoms with E-state index in [-0.39, 0.29) is 6.54 Å². The summed E-state index contributed by atoms with van der Waals surface area (Å²) in [5, 5.41) is 8.64. The van der Waals surface area contributed by atoms with Crippen molar-refractivity contribution in [3.05, 3.63) is 0 Å². The summed E-state index contributed by atoms with van der Waals surface area (Å²) in [7, 11) is 2.14. The average Bonchev–Trinajstić information content (AvgIpc) is 2.41. The molecule has 0 bridgehead atoms. The van der Waals surface area contributed by atoms with Crippen LogP contribution in [-0.2, 0) is 4.79 Å². The molecule has 0 spiro atoms. The molecule has 0 aromatic carbocycles. The number of aliphatic carboxylic acids is 1. The number of hydrogen-bond acceptors (Lipinski definition) is 3. The summed E-state index contributed by atoms with van der Waals surface area (Å²) in [5.74, 6) is 0.724. The first-order chi connectivity index (χ1) is 6.15. The Hall–Kier alpha value is -0.610. The van der Waals surface area contributed by atoms with Crippen molar-refractivity contribution in [1.82, 2.24) is 9.80 Å². The molecule has 0 aromatic heterocycles. The molecule has 2 aliphatic rings. The summed E-state index contributed by atoms with van der Waals surface area (Å²) >= 11 is 0. The van der Waals surface area contributed by atoms with Gasteiger partial charge in [0.2, 0.25) is 0 Å². The predicted molar refractivity (Wildman–Crippen MR) is 48.6 cm³/mol. The molecule has 2 fully saturated rings. The van der Waals surface area contributed by atoms with E-state index in [1.54, 1.807) is 0 Å². The maximum atomic E-state index is 10.5. The summed E-state index contributed by atoms with van der Waals surface area (Å²) in [6, 6.07) is 0. The van der Waals surface area contributed by atoms with Crippen molar-refractivity contribution in [1.29, 1.82) is 0 Å². The van der Waals surface area contributed by atoms with Crippen molar-refractivity contribution in [3.8, 4) is 0 Å². The third kappa shape index (κ3) is 1.84. The van der Waals surface area contributed by atoms with E-state index in [4.69, 9.17) is 5.11 Å². The molecule has 4 heteroatoms. The summed E-state index contributed by atoms with van der Waals surface area (Å²) in [6.07, 6.45) is 0. The Kier molecular flexibility index (Phi) is 2.26. The summed E-state index contributed by atoms with van der Waals surface area (Å²) < 4.78 is 0. The molecule has 0 saturated carbocycles. The Labute approximate surface area is 78.1 Å². The van der Waals surface area contributed by atoms with Crippen molar-refractivity contribution in [3.63, 3.8) is 0 Å². The zero-order valence-electron chi connectivity index (χ0n) is 7.94. The van der Waals surface area contributed by atoms with Gasteiger partial charge in [-0.25, -0.2) is 0 Å². The van der Waals surface area contributed by atoms with Crippen LogP contribution in [0.5, 0.6) is 0 Å². The number of carbonyl (C=O) groups is 1. The molecular formula is C9H16N2O2. The van der Waals surface area contributed by atoms with Crippen LogP contribution in [0.3, 0.4) is 0 Å². The van der Waals surface area contributed by atoms with Gasteiger partial charge in [-0.2, -0.15) is 0 Å². The number of rotatable bonds is 2. The fourth-order valence-corrected chi connectivity index (χ4v) is 2.65. The van der Waals surface area contributed by atoms with E-state index < -0.39 is 5.97 Å². The molecule has 2 rings (SSSR count). The number of carboxylic acids is 1. The van der Waals surface area contributed by atoms with E-state index in [1.165, 1.54) is 0 Å². The van der Waals surface area contributed by atoms with Crippen LogP contribution in [-0.4, -0.2) is 60.6 Å². The number of nitrogens with zero attached hydrogens (tertiary/aromatic N) is 2. The van der Waals surface area contributed by atoms with Gasteiger partial charge in [0.05, 0.1) is 6.54 Å². The third-order valence-electron chi connectivity index (χ3n) is 3.10. The molecule has 2 atom stereocenters. The Bertz CT molecular complexity index is 206. The zero-order valence-corrected chi connectivity index (χ0v) is 7.94. The van der Waals surface area contributed by atoms with E-state index in [0.29, 0.717) is 11.8 Å². The molecule has 74 valence electrons. The molecule has 4 nitrogen and oxygen atoms in total. The quantitative estimate of drug-likeness (QED) is 0.632. The highest BCUT2D eigenvalue weighted by molar-refractivity contribution is 5.69. The van der Waals surface area contributed by atoms with E-state index in [2.05, 4.69) is 16.8 Å². The van der Waals surface area contributed by atoms with E-state index >= 15 is 0 Å². The Morgan fingerprint density at radius 3 is 2.31 bits per heavy atom. The van der Waals surface area contributed by atoms with Crippen LogP contribution in [0.1, 0.15) is 0 Å². The lowest BCUT2D eigenvalue weighted by Crippen LogP contribution is -2.31. The fraction of sp³-hybridized carbons (Fsp3) is 0.889. The Morgan fingerprint density at radius 1 is 1.31 bits per heavy atom. The first kappa shape index (κ1) is 8.97. The second-order valence-electron chi connectivity index (χ2n) is 4.33. The minimum absolute atomic E-state index is 0.219. The average molecular weight is 184 g/mol. The second kappa shape index (κ2) is 3.27. The highest BCUT2D eigenvalue weighted by Gasteiger charge is 2.38. The maximum absolute atomic E-state index is 10.5. The smallest absolute Gasteiger partial charge is 0.317 e. The molecular weight excluding hydrogens is 168 g/mol. The van der Waals surface area contributed by atoms with Gasteiger partial charge in [0.25, 0.3) is 0 Å². The normalized spacial score (nSPS) is 35.2. The van der Waals surface area contributed by atoms with E-state index in [1.807, 2.05) is 0 Å². The van der Waals surface area contributed by atoms with Crippen LogP contribution in [0.4, 0.5) is 0 Å². The van der Waals surface area contributed by atoms with E-state index in [0.717, 1.165) is 26.2 Å². The first-order valence-corrected chi connectivity index (χ1v) is 4.78. The van der Waals surface area contributed by atoms with Gasteiger partial charge in [0, 0.05) is 26.2 Å². The third-order valence-corrected chi connectivity index (χ3v) is 3.10. The molecule has 0 amide bonds. The van der Waals surface area contributed by atoms with Crippen molar-refractivity contribution in [2.75, 3.05) is 39.8 Å². The van der Waals surface area contributed by atoms with Gasteiger partial charge in [-0.15, -0.1) is 0 Å². The van der Waals surface area contributed by atoms with Gasteiger partial charge < -0.3 is 10.0 Å². The monoisotopic (exact) mass is 184 g/mol. The molecule has 0 radical (unpaired) electrons. The molecule has 2 heterocycles. The van der Waals surface area contributed by atoms with Gasteiger partial charge in [0.15, 0.2) is 0 Å². The molecule has 1 N–H and O–H groups in total. The van der Waals surface area contributed by atoms with Gasteiger partial charge in [-0.05, 0) is 18.9 Å². The summed E-state index contributed by atoms with van der Waals surface area (Å²) in [4.78, 5) is 14.9. The number of hydrogen-bond donors (Lipinski definition) is 1. The summed E-state index contributed by atoms with van der Waals surface area (Å²) in [6.45, 7) is 4.45. The first-order valence-electron chi connectivity index (χ1n) is 4.78. The number of carboxylic acid groups (broad SMARTS) is 1. The van der Waals surface area contributed by atoms with Crippen LogP contribution in [0.2, 0.25) is 0 Å². The van der Waals surface area contributed by atoms with Crippen molar-refractivity contribution >= 4 is 5.97 Å². The zero-order chi connectivity index (χ0) is 9.42. The van der Waals surface area contributed by atoms with Crippen molar-refractivity contribution in [2.45, 2.75) is 0 Å². The van der Waals surface area contributed by atoms with Gasteiger partial charge in [-0.1, -0.05) is 0 Å². The highest BCUT2D eigenvalue weighted by atomic mass is 16.4. The van der Waals surface area contributed by atoms with Crippen molar-refractivity contribution in [2.24, 2.45) is 11.8 Å². The summed E-state index contributed by atoms with van der Waals surface area (Å²) in [5.41, 5.74) is 0. The lowest BCUT2D eigenvalue weighted by atomic mass is 10.0. The lowest BCUT2D eigenvalue weighted by Gasteiger charge is -2.16. The fourth-order valence-electron chi connectivity index (χ4n) is 2.65. The lowest BCUT2D eigenvalue weighted by molar-refractivity contribution is -0.138. The molecule has 0 aromatic rings. The Balaban J connectivity index is 1.86. The maximum Gasteiger partial charge on any atom is 0.317 e. The molecule has 2 saturated heterocycles. The Morgan fingerprint density at radius 2 is 1.85 bits per heavy atom. The second-order valence-corrected chi connectivity index (χ2v) is 4.33. The molecule has 0 aliphatic carbocycles. The van der Waals surface area contributed by atoms with Crippen LogP contribution < -0.4 is 0 Å². The predicted octanol–water partition coefficient (Wildman–Crippen LogP) is -0.436. The van der Waals surface area contributed by atoms with Crippen LogP contribution in [0, 0.1) is 11.8 Å². The topological polar surface area (TPSA) is 43.8 Å². The van der Waals surface area contributed by atoms with Crippen LogP contribution in [0.15, 0.2) is 0 Å². The van der Waals surface area contributed by atoms with Crippen LogP contribution in [0.25, 0.3) is 0 Å². The number of likely N-dealkylation sites (tertiary alicyclic amines) is 2. The SMILES string of the molecule is CN1CC2CN(CC(=O)O)CC2C1. The molecule has 2 unspecified atom stereocenters. The minimum Gasteiger partial charge on any atom is -0.480 e. The molecule has 13 heavy (non-hydrogen) atoms. The van der Waals surface area contributed by atoms with Gasteiger partial charge >= 0.3 is 5.97 Å². The van der Waals surface area contributed by atoms with E-state index in [9.17, 15) is 4.79 Å². The van der Waals surface area contributed by atoms with Gasteiger partial charge in [0.1, 0.15) is 0 Å².